The van der Waals surface area contributed by atoms with Gasteiger partial charge in [0.15, 0.2) is 5.83 Å². The van der Waals surface area contributed by atoms with Gasteiger partial charge in [0.05, 0.1) is 0 Å². The van der Waals surface area contributed by atoms with Crippen LogP contribution in [0.5, 0.6) is 0 Å². The van der Waals surface area contributed by atoms with E-state index in [-0.39, 0.29) is 0 Å². The summed E-state index contributed by atoms with van der Waals surface area (Å²) in [6.45, 7) is 2.29. The summed E-state index contributed by atoms with van der Waals surface area (Å²) in [7, 11) is 0. The third-order valence-electron chi connectivity index (χ3n) is 7.16. The predicted octanol–water partition coefficient (Wildman–Crippen LogP) is 8.67. The first-order valence-electron chi connectivity index (χ1n) is 12.1. The van der Waals surface area contributed by atoms with Gasteiger partial charge < -0.3 is 0 Å². The molecule has 0 radical (unpaired) electrons. The molecule has 28 heavy (non-hydrogen) atoms. The summed E-state index contributed by atoms with van der Waals surface area (Å²) in [4.78, 5) is 0. The molecule has 158 valence electrons. The monoisotopic (exact) mass is 387 g/mol. The quantitative estimate of drug-likeness (QED) is 0.197. The fraction of sp³-hybridized carbons (Fsp3) is 0.808. The average molecular weight is 388 g/mol. The molecule has 0 bridgehead atoms. The van der Waals surface area contributed by atoms with Crippen LogP contribution in [0.15, 0.2) is 24.1 Å². The Labute approximate surface area is 173 Å². The van der Waals surface area contributed by atoms with E-state index in [1.807, 2.05) is 0 Å². The molecule has 0 aromatic heterocycles. The van der Waals surface area contributed by atoms with Crippen molar-refractivity contribution in [1.29, 1.82) is 5.26 Å². The molecule has 2 aliphatic carbocycles. The molecule has 0 unspecified atom stereocenters. The fourth-order valence-corrected chi connectivity index (χ4v) is 5.18. The SMILES string of the molecule is CCCCCCCC1CCC(/C=C/C2CCC(CCC=C(F)C#N)CC2)CC1. The van der Waals surface area contributed by atoms with E-state index in [1.165, 1.54) is 96.0 Å². The first kappa shape index (κ1) is 23.2. The lowest BCUT2D eigenvalue weighted by molar-refractivity contribution is 0.282. The largest absolute Gasteiger partial charge is 0.196 e. The maximum Gasteiger partial charge on any atom is 0.196 e. The Balaban J connectivity index is 1.55. The van der Waals surface area contributed by atoms with E-state index in [4.69, 9.17) is 5.26 Å². The van der Waals surface area contributed by atoms with Gasteiger partial charge in [0.1, 0.15) is 6.07 Å². The first-order valence-corrected chi connectivity index (χ1v) is 12.1. The Bertz CT molecular complexity index is 499. The molecule has 1 nitrogen and oxygen atoms in total. The van der Waals surface area contributed by atoms with Crippen LogP contribution in [0.2, 0.25) is 0 Å². The van der Waals surface area contributed by atoms with E-state index in [9.17, 15) is 4.39 Å². The van der Waals surface area contributed by atoms with Crippen molar-refractivity contribution >= 4 is 0 Å². The topological polar surface area (TPSA) is 23.8 Å². The van der Waals surface area contributed by atoms with Crippen molar-refractivity contribution in [2.45, 2.75) is 110 Å². The average Bonchev–Trinajstić information content (AvgIpc) is 2.73. The molecule has 0 atom stereocenters. The van der Waals surface area contributed by atoms with Crippen molar-refractivity contribution in [3.63, 3.8) is 0 Å². The van der Waals surface area contributed by atoms with Crippen molar-refractivity contribution in [2.75, 3.05) is 0 Å². The lowest BCUT2D eigenvalue weighted by Gasteiger charge is -2.29. The van der Waals surface area contributed by atoms with E-state index in [2.05, 4.69) is 19.1 Å². The zero-order chi connectivity index (χ0) is 20.0. The molecular weight excluding hydrogens is 345 g/mol. The highest BCUT2D eigenvalue weighted by atomic mass is 19.1. The van der Waals surface area contributed by atoms with Gasteiger partial charge in [-0.2, -0.15) is 9.65 Å². The molecule has 0 heterocycles. The minimum absolute atomic E-state index is 0.622. The van der Waals surface area contributed by atoms with Crippen molar-refractivity contribution < 1.29 is 4.39 Å². The zero-order valence-corrected chi connectivity index (χ0v) is 18.2. The predicted molar refractivity (Wildman–Crippen MR) is 117 cm³/mol. The number of rotatable bonds is 11. The Hall–Kier alpha value is -1.10. The van der Waals surface area contributed by atoms with Gasteiger partial charge in [-0.05, 0) is 94.0 Å². The molecule has 2 aliphatic rings. The Morgan fingerprint density at radius 3 is 1.89 bits per heavy atom. The Morgan fingerprint density at radius 2 is 1.36 bits per heavy atom. The van der Waals surface area contributed by atoms with E-state index < -0.39 is 5.83 Å². The van der Waals surface area contributed by atoms with Crippen molar-refractivity contribution in [3.8, 4) is 6.07 Å². The third kappa shape index (κ3) is 9.40. The second-order valence-corrected chi connectivity index (χ2v) is 9.39. The number of unbranched alkanes of at least 4 members (excludes halogenated alkanes) is 4. The molecule has 0 aromatic carbocycles. The van der Waals surface area contributed by atoms with E-state index in [1.54, 1.807) is 6.07 Å². The van der Waals surface area contributed by atoms with E-state index >= 15 is 0 Å². The minimum Gasteiger partial charge on any atom is -0.195 e. The van der Waals surface area contributed by atoms with Crippen LogP contribution in [0.4, 0.5) is 4.39 Å². The maximum atomic E-state index is 12.8. The Morgan fingerprint density at radius 1 is 0.821 bits per heavy atom. The van der Waals surface area contributed by atoms with Crippen molar-refractivity contribution in [1.82, 2.24) is 0 Å². The van der Waals surface area contributed by atoms with Gasteiger partial charge in [0.25, 0.3) is 0 Å². The molecule has 2 fully saturated rings. The van der Waals surface area contributed by atoms with Gasteiger partial charge >= 0.3 is 0 Å². The fourth-order valence-electron chi connectivity index (χ4n) is 5.18. The van der Waals surface area contributed by atoms with E-state index in [0.29, 0.717) is 6.42 Å². The van der Waals surface area contributed by atoms with Gasteiger partial charge in [0.2, 0.25) is 0 Å². The number of halogens is 1. The molecule has 0 aromatic rings. The highest BCUT2D eigenvalue weighted by Crippen LogP contribution is 2.35. The molecule has 0 N–H and O–H groups in total. The molecule has 2 saturated carbocycles. The smallest absolute Gasteiger partial charge is 0.195 e. The van der Waals surface area contributed by atoms with Crippen LogP contribution in [-0.4, -0.2) is 0 Å². The molecule has 0 saturated heterocycles. The number of hydrogen-bond acceptors (Lipinski definition) is 1. The van der Waals surface area contributed by atoms with Crippen molar-refractivity contribution in [3.05, 3.63) is 24.1 Å². The number of nitriles is 1. The van der Waals surface area contributed by atoms with Crippen LogP contribution in [0.3, 0.4) is 0 Å². The van der Waals surface area contributed by atoms with Crippen LogP contribution < -0.4 is 0 Å². The summed E-state index contributed by atoms with van der Waals surface area (Å²) in [5.74, 6) is 2.69. The molecule has 0 aliphatic heterocycles. The molecule has 2 heteroatoms. The van der Waals surface area contributed by atoms with Gasteiger partial charge in [-0.1, -0.05) is 57.6 Å². The maximum absolute atomic E-state index is 12.8. The summed E-state index contributed by atoms with van der Waals surface area (Å²) < 4.78 is 12.8. The van der Waals surface area contributed by atoms with Crippen molar-refractivity contribution in [2.24, 2.45) is 23.7 Å². The van der Waals surface area contributed by atoms with Gasteiger partial charge in [-0.3, -0.25) is 0 Å². The summed E-state index contributed by atoms with van der Waals surface area (Å²) in [5.41, 5.74) is 0. The van der Waals surface area contributed by atoms with Crippen LogP contribution in [-0.2, 0) is 0 Å². The second kappa shape index (κ2) is 14.0. The molecular formula is C26H42FN. The number of nitrogens with zero attached hydrogens (tertiary/aromatic N) is 1. The van der Waals surface area contributed by atoms with Gasteiger partial charge in [-0.15, -0.1) is 0 Å². The Kier molecular flexibility index (Phi) is 11.6. The van der Waals surface area contributed by atoms with Crippen LogP contribution in [0.1, 0.15) is 110 Å². The third-order valence-corrected chi connectivity index (χ3v) is 7.16. The number of allylic oxidation sites excluding steroid dienone is 4. The molecule has 2 rings (SSSR count). The lowest BCUT2D eigenvalue weighted by Crippen LogP contribution is -2.15. The molecule has 0 amide bonds. The number of hydrogen-bond donors (Lipinski definition) is 0. The zero-order valence-electron chi connectivity index (χ0n) is 18.2. The highest BCUT2D eigenvalue weighted by molar-refractivity contribution is 5.11. The lowest BCUT2D eigenvalue weighted by atomic mass is 9.77. The highest BCUT2D eigenvalue weighted by Gasteiger charge is 2.21. The van der Waals surface area contributed by atoms with Crippen LogP contribution in [0, 0.1) is 35.0 Å². The normalized spacial score (nSPS) is 29.1. The van der Waals surface area contributed by atoms with E-state index in [0.717, 1.165) is 30.1 Å². The summed E-state index contributed by atoms with van der Waals surface area (Å²) in [6.07, 6.45) is 27.7. The van der Waals surface area contributed by atoms with Gasteiger partial charge in [0, 0.05) is 0 Å². The van der Waals surface area contributed by atoms with Crippen LogP contribution >= 0.6 is 0 Å². The first-order chi connectivity index (χ1) is 13.7. The minimum atomic E-state index is -0.622. The summed E-state index contributed by atoms with van der Waals surface area (Å²) in [6, 6.07) is 1.56. The second-order valence-electron chi connectivity index (χ2n) is 9.39. The van der Waals surface area contributed by atoms with Gasteiger partial charge in [-0.25, -0.2) is 0 Å². The van der Waals surface area contributed by atoms with Crippen LogP contribution in [0.25, 0.3) is 0 Å². The summed E-state index contributed by atoms with van der Waals surface area (Å²) in [5, 5.41) is 8.45. The molecule has 0 spiro atoms. The standard InChI is InChI=1S/C26H42FN/c1-2-3-4-5-6-8-22-11-15-24(16-12-22)19-20-25-17-13-23(14-18-25)9-7-10-26(27)21-28/h10,19-20,22-25H,2-9,11-18H2,1H3/b20-19+,26-10?. The summed E-state index contributed by atoms with van der Waals surface area (Å²) >= 11 is 0.